The summed E-state index contributed by atoms with van der Waals surface area (Å²) in [4.78, 5) is 12.3. The largest absolute Gasteiger partial charge is 0.353 e. The molecule has 3 aromatic rings. The van der Waals surface area contributed by atoms with Gasteiger partial charge in [0.05, 0.1) is 5.75 Å². The Kier molecular flexibility index (Phi) is 6.65. The van der Waals surface area contributed by atoms with Gasteiger partial charge < -0.3 is 5.32 Å². The molecule has 1 N–H and O–H groups in total. The van der Waals surface area contributed by atoms with Crippen LogP contribution >= 0.6 is 11.8 Å². The summed E-state index contributed by atoms with van der Waals surface area (Å²) < 4.78 is 1.97. The first-order valence-electron chi connectivity index (χ1n) is 9.07. The van der Waals surface area contributed by atoms with Crippen LogP contribution < -0.4 is 5.32 Å². The number of aromatic nitrogens is 3. The molecule has 27 heavy (non-hydrogen) atoms. The molecule has 5 nitrogen and oxygen atoms in total. The van der Waals surface area contributed by atoms with Crippen LogP contribution in [0.4, 0.5) is 0 Å². The lowest BCUT2D eigenvalue weighted by molar-refractivity contribution is -0.119. The molecular weight excluding hydrogens is 356 g/mol. The molecule has 0 aliphatic carbocycles. The second-order valence-electron chi connectivity index (χ2n) is 6.48. The molecule has 2 aromatic carbocycles. The molecular formula is C21H24N4OS. The van der Waals surface area contributed by atoms with Crippen LogP contribution in [0.1, 0.15) is 24.7 Å². The van der Waals surface area contributed by atoms with Crippen LogP contribution in [0.5, 0.6) is 0 Å². The van der Waals surface area contributed by atoms with Crippen molar-refractivity contribution in [1.82, 2.24) is 20.1 Å². The molecule has 0 spiro atoms. The highest BCUT2D eigenvalue weighted by molar-refractivity contribution is 7.99. The Hall–Kier alpha value is -2.60. The molecule has 1 aromatic heterocycles. The van der Waals surface area contributed by atoms with Crippen molar-refractivity contribution < 1.29 is 4.79 Å². The zero-order chi connectivity index (χ0) is 19.1. The zero-order valence-corrected chi connectivity index (χ0v) is 16.4. The van der Waals surface area contributed by atoms with Crippen LogP contribution in [0.25, 0.3) is 5.69 Å². The lowest BCUT2D eigenvalue weighted by Crippen LogP contribution is -2.34. The fraction of sp³-hybridized carbons (Fsp3) is 0.286. The van der Waals surface area contributed by atoms with Gasteiger partial charge in [0.1, 0.15) is 5.82 Å². The monoisotopic (exact) mass is 380 g/mol. The third kappa shape index (κ3) is 5.44. The van der Waals surface area contributed by atoms with Gasteiger partial charge >= 0.3 is 0 Å². The number of para-hydroxylation sites is 1. The molecule has 0 aliphatic heterocycles. The third-order valence-electron chi connectivity index (χ3n) is 4.26. The number of nitrogens with zero attached hydrogens (tertiary/aromatic N) is 3. The second-order valence-corrected chi connectivity index (χ2v) is 7.42. The summed E-state index contributed by atoms with van der Waals surface area (Å²) in [6.45, 7) is 3.96. The van der Waals surface area contributed by atoms with E-state index in [1.807, 2.05) is 66.9 Å². The fourth-order valence-corrected chi connectivity index (χ4v) is 3.67. The number of carbonyl (C=O) groups excluding carboxylic acids is 1. The number of aryl methyl sites for hydroxylation is 2. The van der Waals surface area contributed by atoms with E-state index in [0.29, 0.717) is 5.75 Å². The lowest BCUT2D eigenvalue weighted by Gasteiger charge is -2.14. The van der Waals surface area contributed by atoms with Crippen LogP contribution in [0.2, 0.25) is 0 Å². The SMILES string of the molecule is Cc1nnc(SCC(=O)N[C@@H](C)CCc2ccccc2)n1-c1ccccc1. The van der Waals surface area contributed by atoms with E-state index in [1.165, 1.54) is 17.3 Å². The minimum Gasteiger partial charge on any atom is -0.353 e. The molecule has 0 radical (unpaired) electrons. The van der Waals surface area contributed by atoms with E-state index < -0.39 is 0 Å². The second kappa shape index (κ2) is 9.37. The summed E-state index contributed by atoms with van der Waals surface area (Å²) in [7, 11) is 0. The summed E-state index contributed by atoms with van der Waals surface area (Å²) in [6, 6.07) is 20.4. The van der Waals surface area contributed by atoms with Crippen molar-refractivity contribution in [1.29, 1.82) is 0 Å². The van der Waals surface area contributed by atoms with Gasteiger partial charge in [0.25, 0.3) is 0 Å². The van der Waals surface area contributed by atoms with Gasteiger partial charge in [0.2, 0.25) is 5.91 Å². The van der Waals surface area contributed by atoms with E-state index in [-0.39, 0.29) is 11.9 Å². The van der Waals surface area contributed by atoms with Crippen LogP contribution in [-0.4, -0.2) is 32.5 Å². The highest BCUT2D eigenvalue weighted by atomic mass is 32.2. The Morgan fingerprint density at radius 1 is 1.07 bits per heavy atom. The predicted octanol–water partition coefficient (Wildman–Crippen LogP) is 3.81. The number of rotatable bonds is 8. The first-order valence-corrected chi connectivity index (χ1v) is 10.1. The number of carbonyl (C=O) groups is 1. The Morgan fingerprint density at radius 2 is 1.74 bits per heavy atom. The molecule has 140 valence electrons. The van der Waals surface area contributed by atoms with Gasteiger partial charge in [-0.25, -0.2) is 0 Å². The number of nitrogens with one attached hydrogen (secondary N) is 1. The van der Waals surface area contributed by atoms with Gasteiger partial charge in [0.15, 0.2) is 5.16 Å². The van der Waals surface area contributed by atoms with Gasteiger partial charge in [-0.05, 0) is 44.4 Å². The number of hydrogen-bond acceptors (Lipinski definition) is 4. The van der Waals surface area contributed by atoms with Gasteiger partial charge in [0, 0.05) is 11.7 Å². The maximum Gasteiger partial charge on any atom is 0.230 e. The van der Waals surface area contributed by atoms with Crippen LogP contribution in [-0.2, 0) is 11.2 Å². The Morgan fingerprint density at radius 3 is 2.44 bits per heavy atom. The molecule has 0 saturated heterocycles. The Bertz CT molecular complexity index is 864. The molecule has 1 atom stereocenters. The number of hydrogen-bond donors (Lipinski definition) is 1. The standard InChI is InChI=1S/C21H24N4OS/c1-16(13-14-18-9-5-3-6-10-18)22-20(26)15-27-21-24-23-17(2)25(21)19-11-7-4-8-12-19/h3-12,16H,13-15H2,1-2H3,(H,22,26)/t16-/m0/s1. The van der Waals surface area contributed by atoms with E-state index >= 15 is 0 Å². The molecule has 0 aliphatic rings. The molecule has 0 fully saturated rings. The first kappa shape index (κ1) is 19.2. The average Bonchev–Trinajstić information content (AvgIpc) is 3.07. The quantitative estimate of drug-likeness (QED) is 0.604. The Labute approximate surface area is 164 Å². The minimum absolute atomic E-state index is 0.0147. The van der Waals surface area contributed by atoms with Crippen molar-refractivity contribution in [3.05, 3.63) is 72.1 Å². The molecule has 1 heterocycles. The van der Waals surface area contributed by atoms with Crippen molar-refractivity contribution >= 4 is 17.7 Å². The average molecular weight is 381 g/mol. The van der Waals surface area contributed by atoms with E-state index in [9.17, 15) is 4.79 Å². The van der Waals surface area contributed by atoms with E-state index in [4.69, 9.17) is 0 Å². The van der Waals surface area contributed by atoms with Gasteiger partial charge in [-0.15, -0.1) is 10.2 Å². The lowest BCUT2D eigenvalue weighted by atomic mass is 10.1. The van der Waals surface area contributed by atoms with Crippen molar-refractivity contribution in [2.24, 2.45) is 0 Å². The maximum absolute atomic E-state index is 12.3. The Balaban J connectivity index is 1.51. The highest BCUT2D eigenvalue weighted by Crippen LogP contribution is 2.21. The van der Waals surface area contributed by atoms with Crippen molar-refractivity contribution in [2.45, 2.75) is 37.9 Å². The molecule has 0 unspecified atom stereocenters. The smallest absolute Gasteiger partial charge is 0.230 e. The molecule has 3 rings (SSSR count). The van der Waals surface area contributed by atoms with E-state index in [1.54, 1.807) is 0 Å². The third-order valence-corrected chi connectivity index (χ3v) is 5.19. The van der Waals surface area contributed by atoms with Crippen LogP contribution in [0.3, 0.4) is 0 Å². The molecule has 6 heteroatoms. The molecule has 0 bridgehead atoms. The number of benzene rings is 2. The van der Waals surface area contributed by atoms with Crippen molar-refractivity contribution in [2.75, 3.05) is 5.75 Å². The normalized spacial score (nSPS) is 11.9. The summed E-state index contributed by atoms with van der Waals surface area (Å²) in [6.07, 6.45) is 1.87. The predicted molar refractivity (Wildman–Crippen MR) is 109 cm³/mol. The molecule has 0 saturated carbocycles. The summed E-state index contributed by atoms with van der Waals surface area (Å²) in [5, 5.41) is 12.2. The van der Waals surface area contributed by atoms with Crippen LogP contribution in [0, 0.1) is 6.92 Å². The van der Waals surface area contributed by atoms with Crippen molar-refractivity contribution in [3.63, 3.8) is 0 Å². The van der Waals surface area contributed by atoms with Gasteiger partial charge in [-0.1, -0.05) is 60.3 Å². The first-order chi connectivity index (χ1) is 13.1. The minimum atomic E-state index is 0.0147. The van der Waals surface area contributed by atoms with Crippen molar-refractivity contribution in [3.8, 4) is 5.69 Å². The van der Waals surface area contributed by atoms with Gasteiger partial charge in [-0.2, -0.15) is 0 Å². The summed E-state index contributed by atoms with van der Waals surface area (Å²) in [5.41, 5.74) is 2.29. The highest BCUT2D eigenvalue weighted by Gasteiger charge is 2.14. The van der Waals surface area contributed by atoms with Crippen LogP contribution in [0.15, 0.2) is 65.8 Å². The summed E-state index contributed by atoms with van der Waals surface area (Å²) >= 11 is 1.40. The topological polar surface area (TPSA) is 59.8 Å². The number of thioether (sulfide) groups is 1. The fourth-order valence-electron chi connectivity index (χ4n) is 2.86. The van der Waals surface area contributed by atoms with Gasteiger partial charge in [-0.3, -0.25) is 9.36 Å². The zero-order valence-electron chi connectivity index (χ0n) is 15.6. The summed E-state index contributed by atoms with van der Waals surface area (Å²) in [5.74, 6) is 1.14. The number of amides is 1. The maximum atomic E-state index is 12.3. The van der Waals surface area contributed by atoms with E-state index in [2.05, 4.69) is 27.6 Å². The van der Waals surface area contributed by atoms with E-state index in [0.717, 1.165) is 29.5 Å². The molecule has 1 amide bonds.